The summed E-state index contributed by atoms with van der Waals surface area (Å²) < 4.78 is 0. The Morgan fingerprint density at radius 3 is 2.58 bits per heavy atom. The molecule has 0 fully saturated rings. The number of thioether (sulfide) groups is 1. The van der Waals surface area contributed by atoms with Crippen LogP contribution < -0.4 is 5.32 Å². The fourth-order valence-corrected chi connectivity index (χ4v) is 2.97. The first kappa shape index (κ1) is 17.9. The summed E-state index contributed by atoms with van der Waals surface area (Å²) in [4.78, 5) is 28.2. The van der Waals surface area contributed by atoms with Crippen LogP contribution in [0.15, 0.2) is 53.7 Å². The molecule has 1 heterocycles. The van der Waals surface area contributed by atoms with E-state index in [9.17, 15) is 9.59 Å². The van der Waals surface area contributed by atoms with Crippen LogP contribution in [0.25, 0.3) is 11.4 Å². The molecule has 0 aliphatic carbocycles. The number of para-hydroxylation sites is 1. The maximum absolute atomic E-state index is 12.2. The fraction of sp³-hybridized carbons (Fsp3) is 0.158. The van der Waals surface area contributed by atoms with E-state index in [1.807, 2.05) is 31.2 Å². The van der Waals surface area contributed by atoms with Crippen molar-refractivity contribution >= 4 is 29.1 Å². The minimum atomic E-state index is -0.217. The van der Waals surface area contributed by atoms with Gasteiger partial charge in [-0.2, -0.15) is 0 Å². The van der Waals surface area contributed by atoms with Crippen LogP contribution in [0.4, 0.5) is 5.69 Å². The number of nitrogens with zero attached hydrogens (tertiary/aromatic N) is 2. The Kier molecular flexibility index (Phi) is 5.48. The lowest BCUT2D eigenvalue weighted by Gasteiger charge is -2.08. The number of benzene rings is 2. The molecule has 2 N–H and O–H groups in total. The van der Waals surface area contributed by atoms with Gasteiger partial charge in [-0.1, -0.05) is 53.7 Å². The molecule has 0 saturated carbocycles. The first-order valence-electron chi connectivity index (χ1n) is 8.05. The summed E-state index contributed by atoms with van der Waals surface area (Å²) in [5.74, 6) is 0.503. The van der Waals surface area contributed by atoms with Crippen molar-refractivity contribution in [1.29, 1.82) is 0 Å². The number of aryl methyl sites for hydroxylation is 1. The number of hydrogen-bond donors (Lipinski definition) is 2. The standard InChI is InChI=1S/C19H18N4O2S/c1-12-7-9-14(10-8-12)18-21-19(23-22-18)26-11-17(25)20-16-6-4-3-5-15(16)13(2)24/h3-10H,11H2,1-2H3,(H,20,25)(H,21,22,23). The van der Waals surface area contributed by atoms with E-state index in [2.05, 4.69) is 20.5 Å². The summed E-state index contributed by atoms with van der Waals surface area (Å²) >= 11 is 1.23. The van der Waals surface area contributed by atoms with Gasteiger partial charge in [-0.25, -0.2) is 4.98 Å². The van der Waals surface area contributed by atoms with Crippen molar-refractivity contribution in [2.75, 3.05) is 11.1 Å². The van der Waals surface area contributed by atoms with Crippen molar-refractivity contribution < 1.29 is 9.59 Å². The third-order valence-corrected chi connectivity index (χ3v) is 4.55. The summed E-state index contributed by atoms with van der Waals surface area (Å²) in [5, 5.41) is 10.3. The summed E-state index contributed by atoms with van der Waals surface area (Å²) in [7, 11) is 0. The molecular weight excluding hydrogens is 348 g/mol. The number of hydrogen-bond acceptors (Lipinski definition) is 5. The molecule has 3 rings (SSSR count). The van der Waals surface area contributed by atoms with Crippen molar-refractivity contribution in [3.63, 3.8) is 0 Å². The molecule has 6 nitrogen and oxygen atoms in total. The Morgan fingerprint density at radius 2 is 1.85 bits per heavy atom. The van der Waals surface area contributed by atoms with Crippen LogP contribution in [-0.2, 0) is 4.79 Å². The summed E-state index contributed by atoms with van der Waals surface area (Å²) in [6, 6.07) is 14.9. The second kappa shape index (κ2) is 7.97. The number of carbonyl (C=O) groups is 2. The monoisotopic (exact) mass is 366 g/mol. The average molecular weight is 366 g/mol. The van der Waals surface area contributed by atoms with E-state index in [-0.39, 0.29) is 17.4 Å². The minimum Gasteiger partial charge on any atom is -0.325 e. The zero-order chi connectivity index (χ0) is 18.5. The first-order valence-corrected chi connectivity index (χ1v) is 9.03. The van der Waals surface area contributed by atoms with Gasteiger partial charge in [0, 0.05) is 11.1 Å². The molecule has 0 spiro atoms. The quantitative estimate of drug-likeness (QED) is 0.513. The van der Waals surface area contributed by atoms with Crippen LogP contribution in [0.3, 0.4) is 0 Å². The van der Waals surface area contributed by atoms with E-state index >= 15 is 0 Å². The molecule has 2 aromatic carbocycles. The summed E-state index contributed by atoms with van der Waals surface area (Å²) in [6.07, 6.45) is 0. The van der Waals surface area contributed by atoms with Gasteiger partial charge >= 0.3 is 0 Å². The molecule has 1 amide bonds. The van der Waals surface area contributed by atoms with Gasteiger partial charge in [0.1, 0.15) is 0 Å². The summed E-state index contributed by atoms with van der Waals surface area (Å²) in [5.41, 5.74) is 3.12. The van der Waals surface area contributed by atoms with Gasteiger partial charge in [-0.05, 0) is 26.0 Å². The second-order valence-corrected chi connectivity index (χ2v) is 6.71. The topological polar surface area (TPSA) is 87.7 Å². The zero-order valence-corrected chi connectivity index (χ0v) is 15.3. The third kappa shape index (κ3) is 4.37. The Morgan fingerprint density at radius 1 is 1.12 bits per heavy atom. The molecule has 0 saturated heterocycles. The average Bonchev–Trinajstić information content (AvgIpc) is 3.10. The predicted molar refractivity (Wildman–Crippen MR) is 102 cm³/mol. The van der Waals surface area contributed by atoms with E-state index in [1.165, 1.54) is 24.2 Å². The van der Waals surface area contributed by atoms with Crippen LogP contribution >= 0.6 is 11.8 Å². The first-order chi connectivity index (χ1) is 12.5. The lowest BCUT2D eigenvalue weighted by Crippen LogP contribution is -2.16. The van der Waals surface area contributed by atoms with Crippen molar-refractivity contribution in [2.45, 2.75) is 19.0 Å². The Balaban J connectivity index is 1.60. The predicted octanol–water partition coefficient (Wildman–Crippen LogP) is 3.71. The van der Waals surface area contributed by atoms with E-state index in [4.69, 9.17) is 0 Å². The third-order valence-electron chi connectivity index (χ3n) is 3.70. The number of rotatable bonds is 6. The summed E-state index contributed by atoms with van der Waals surface area (Å²) in [6.45, 7) is 3.49. The maximum atomic E-state index is 12.2. The van der Waals surface area contributed by atoms with Gasteiger partial charge < -0.3 is 5.32 Å². The molecule has 3 aromatic rings. The van der Waals surface area contributed by atoms with Gasteiger partial charge in [0.15, 0.2) is 11.6 Å². The molecule has 0 unspecified atom stereocenters. The normalized spacial score (nSPS) is 10.5. The molecule has 1 aromatic heterocycles. The smallest absolute Gasteiger partial charge is 0.234 e. The van der Waals surface area contributed by atoms with Crippen molar-refractivity contribution in [2.24, 2.45) is 0 Å². The van der Waals surface area contributed by atoms with Gasteiger partial charge in [-0.3, -0.25) is 14.7 Å². The van der Waals surface area contributed by atoms with Crippen LogP contribution in [-0.4, -0.2) is 32.6 Å². The van der Waals surface area contributed by atoms with Crippen LogP contribution in [0, 0.1) is 6.92 Å². The minimum absolute atomic E-state index is 0.0924. The SMILES string of the molecule is CC(=O)c1ccccc1NC(=O)CSc1n[nH]c(-c2ccc(C)cc2)n1. The van der Waals surface area contributed by atoms with Crippen molar-refractivity contribution in [3.8, 4) is 11.4 Å². The Labute approximate surface area is 155 Å². The highest BCUT2D eigenvalue weighted by molar-refractivity contribution is 7.99. The van der Waals surface area contributed by atoms with Gasteiger partial charge in [0.25, 0.3) is 0 Å². The highest BCUT2D eigenvalue weighted by Crippen LogP contribution is 2.20. The van der Waals surface area contributed by atoms with Crippen molar-refractivity contribution in [3.05, 3.63) is 59.7 Å². The lowest BCUT2D eigenvalue weighted by molar-refractivity contribution is -0.113. The van der Waals surface area contributed by atoms with Crippen LogP contribution in [0.5, 0.6) is 0 Å². The molecule has 0 aliphatic heterocycles. The number of amides is 1. The van der Waals surface area contributed by atoms with E-state index in [0.717, 1.165) is 5.56 Å². The Bertz CT molecular complexity index is 935. The fourth-order valence-electron chi connectivity index (χ4n) is 2.37. The number of H-pyrrole nitrogens is 1. The molecule has 26 heavy (non-hydrogen) atoms. The number of nitrogens with one attached hydrogen (secondary N) is 2. The zero-order valence-electron chi connectivity index (χ0n) is 14.4. The van der Waals surface area contributed by atoms with E-state index < -0.39 is 0 Å². The number of Topliss-reactive ketones (excluding diaryl/α,β-unsaturated/α-hetero) is 1. The molecule has 0 bridgehead atoms. The number of ketones is 1. The highest BCUT2D eigenvalue weighted by atomic mass is 32.2. The number of carbonyl (C=O) groups excluding carboxylic acids is 2. The lowest BCUT2D eigenvalue weighted by atomic mass is 10.1. The molecule has 132 valence electrons. The molecule has 0 aliphatic rings. The van der Waals surface area contributed by atoms with Gasteiger partial charge in [-0.15, -0.1) is 5.10 Å². The van der Waals surface area contributed by atoms with Crippen molar-refractivity contribution in [1.82, 2.24) is 15.2 Å². The second-order valence-electron chi connectivity index (χ2n) is 5.77. The molecule has 7 heteroatoms. The van der Waals surface area contributed by atoms with E-state index in [1.54, 1.807) is 24.3 Å². The molecule has 0 atom stereocenters. The number of aromatic amines is 1. The van der Waals surface area contributed by atoms with Gasteiger partial charge in [0.05, 0.1) is 11.4 Å². The largest absolute Gasteiger partial charge is 0.325 e. The van der Waals surface area contributed by atoms with Gasteiger partial charge in [0.2, 0.25) is 11.1 Å². The molecular formula is C19H18N4O2S. The number of aromatic nitrogens is 3. The Hall–Kier alpha value is -2.93. The number of anilines is 1. The van der Waals surface area contributed by atoms with E-state index in [0.29, 0.717) is 22.2 Å². The highest BCUT2D eigenvalue weighted by Gasteiger charge is 2.12. The molecule has 0 radical (unpaired) electrons. The maximum Gasteiger partial charge on any atom is 0.234 e. The van der Waals surface area contributed by atoms with Crippen LogP contribution in [0.1, 0.15) is 22.8 Å². The van der Waals surface area contributed by atoms with Crippen LogP contribution in [0.2, 0.25) is 0 Å².